The van der Waals surface area contributed by atoms with Crippen LogP contribution in [0.5, 0.6) is 5.75 Å². The molecular weight excluding hydrogens is 256 g/mol. The molecular formula is C15H24N2O3. The SMILES string of the molecule is COC(=O)C(CN(C)c1cccc(OC)c1)NC(C)C. The minimum Gasteiger partial charge on any atom is -0.497 e. The third-order valence-corrected chi connectivity index (χ3v) is 2.97. The topological polar surface area (TPSA) is 50.8 Å². The van der Waals surface area contributed by atoms with Gasteiger partial charge in [0.05, 0.1) is 14.2 Å². The Bertz CT molecular complexity index is 435. The summed E-state index contributed by atoms with van der Waals surface area (Å²) >= 11 is 0. The first-order valence-electron chi connectivity index (χ1n) is 6.67. The standard InChI is InChI=1S/C15H24N2O3/c1-11(2)16-14(15(18)20-5)10-17(3)12-7-6-8-13(9-12)19-4/h6-9,11,14,16H,10H2,1-5H3. The summed E-state index contributed by atoms with van der Waals surface area (Å²) < 4.78 is 10.1. The fraction of sp³-hybridized carbons (Fsp3) is 0.533. The van der Waals surface area contributed by atoms with Crippen LogP contribution in [0.4, 0.5) is 5.69 Å². The predicted molar refractivity (Wildman–Crippen MR) is 80.3 cm³/mol. The van der Waals surface area contributed by atoms with Gasteiger partial charge in [-0.25, -0.2) is 0 Å². The normalized spacial score (nSPS) is 12.1. The molecule has 0 spiro atoms. The zero-order chi connectivity index (χ0) is 15.1. The van der Waals surface area contributed by atoms with Crippen LogP contribution in [-0.2, 0) is 9.53 Å². The zero-order valence-electron chi connectivity index (χ0n) is 12.8. The van der Waals surface area contributed by atoms with E-state index in [-0.39, 0.29) is 18.1 Å². The molecule has 0 saturated carbocycles. The van der Waals surface area contributed by atoms with Gasteiger partial charge in [-0.2, -0.15) is 0 Å². The number of nitrogens with zero attached hydrogens (tertiary/aromatic N) is 1. The van der Waals surface area contributed by atoms with E-state index in [4.69, 9.17) is 9.47 Å². The average molecular weight is 280 g/mol. The summed E-state index contributed by atoms with van der Waals surface area (Å²) in [5.74, 6) is 0.536. The smallest absolute Gasteiger partial charge is 0.324 e. The van der Waals surface area contributed by atoms with Gasteiger partial charge >= 0.3 is 5.97 Å². The molecule has 1 N–H and O–H groups in total. The monoisotopic (exact) mass is 280 g/mol. The maximum absolute atomic E-state index is 11.8. The Hall–Kier alpha value is -1.75. The number of hydrogen-bond donors (Lipinski definition) is 1. The fourth-order valence-electron chi connectivity index (χ4n) is 1.97. The van der Waals surface area contributed by atoms with Gasteiger partial charge in [-0.3, -0.25) is 4.79 Å². The number of hydrogen-bond acceptors (Lipinski definition) is 5. The number of rotatable bonds is 7. The molecule has 0 aromatic heterocycles. The van der Waals surface area contributed by atoms with Gasteiger partial charge < -0.3 is 19.7 Å². The highest BCUT2D eigenvalue weighted by atomic mass is 16.5. The highest BCUT2D eigenvalue weighted by molar-refractivity contribution is 5.76. The molecule has 112 valence electrons. The molecule has 0 heterocycles. The van der Waals surface area contributed by atoms with Crippen molar-refractivity contribution in [1.82, 2.24) is 5.32 Å². The van der Waals surface area contributed by atoms with Crippen molar-refractivity contribution in [2.24, 2.45) is 0 Å². The molecule has 1 atom stereocenters. The number of anilines is 1. The van der Waals surface area contributed by atoms with E-state index in [1.165, 1.54) is 7.11 Å². The molecule has 1 aromatic rings. The van der Waals surface area contributed by atoms with Gasteiger partial charge in [0.25, 0.3) is 0 Å². The first kappa shape index (κ1) is 16.3. The van der Waals surface area contributed by atoms with Crippen LogP contribution in [0.25, 0.3) is 0 Å². The van der Waals surface area contributed by atoms with E-state index in [1.54, 1.807) is 7.11 Å². The predicted octanol–water partition coefficient (Wildman–Crippen LogP) is 1.67. The molecule has 20 heavy (non-hydrogen) atoms. The zero-order valence-corrected chi connectivity index (χ0v) is 12.8. The van der Waals surface area contributed by atoms with Crippen LogP contribution in [0, 0.1) is 0 Å². The Labute approximate surface area is 120 Å². The van der Waals surface area contributed by atoms with Crippen molar-refractivity contribution in [2.75, 3.05) is 32.7 Å². The van der Waals surface area contributed by atoms with E-state index in [0.717, 1.165) is 11.4 Å². The van der Waals surface area contributed by atoms with Crippen molar-refractivity contribution in [2.45, 2.75) is 25.9 Å². The average Bonchev–Trinajstić information content (AvgIpc) is 2.45. The first-order chi connectivity index (χ1) is 9.47. The second-order valence-corrected chi connectivity index (χ2v) is 4.98. The lowest BCUT2D eigenvalue weighted by Gasteiger charge is -2.26. The lowest BCUT2D eigenvalue weighted by Crippen LogP contribution is -2.48. The van der Waals surface area contributed by atoms with E-state index in [1.807, 2.05) is 50.1 Å². The Morgan fingerprint density at radius 2 is 2.05 bits per heavy atom. The van der Waals surface area contributed by atoms with Crippen LogP contribution in [0.3, 0.4) is 0 Å². The van der Waals surface area contributed by atoms with Crippen LogP contribution in [0.1, 0.15) is 13.8 Å². The fourth-order valence-corrected chi connectivity index (χ4v) is 1.97. The molecule has 1 aromatic carbocycles. The van der Waals surface area contributed by atoms with E-state index in [9.17, 15) is 4.79 Å². The molecule has 0 radical (unpaired) electrons. The molecule has 0 saturated heterocycles. The molecule has 0 aliphatic rings. The van der Waals surface area contributed by atoms with Crippen molar-refractivity contribution in [3.63, 3.8) is 0 Å². The maximum atomic E-state index is 11.8. The van der Waals surface area contributed by atoms with Gasteiger partial charge in [0, 0.05) is 31.4 Å². The third kappa shape index (κ3) is 4.74. The van der Waals surface area contributed by atoms with E-state index < -0.39 is 0 Å². The highest BCUT2D eigenvalue weighted by Gasteiger charge is 2.21. The summed E-state index contributed by atoms with van der Waals surface area (Å²) in [5.41, 5.74) is 0.990. The molecule has 5 heteroatoms. The van der Waals surface area contributed by atoms with Gasteiger partial charge in [0.1, 0.15) is 11.8 Å². The molecule has 0 aliphatic heterocycles. The Balaban J connectivity index is 2.78. The number of esters is 1. The van der Waals surface area contributed by atoms with E-state index >= 15 is 0 Å². The van der Waals surface area contributed by atoms with Gasteiger partial charge in [-0.1, -0.05) is 19.9 Å². The minimum absolute atomic E-state index is 0.206. The largest absolute Gasteiger partial charge is 0.497 e. The van der Waals surface area contributed by atoms with Crippen LogP contribution >= 0.6 is 0 Å². The van der Waals surface area contributed by atoms with Crippen LogP contribution in [0.2, 0.25) is 0 Å². The lowest BCUT2D eigenvalue weighted by atomic mass is 10.2. The molecule has 1 unspecified atom stereocenters. The Kier molecular flexibility index (Phi) is 6.31. The maximum Gasteiger partial charge on any atom is 0.324 e. The number of likely N-dealkylation sites (N-methyl/N-ethyl adjacent to an activating group) is 1. The van der Waals surface area contributed by atoms with Crippen molar-refractivity contribution in [3.05, 3.63) is 24.3 Å². The summed E-state index contributed by atoms with van der Waals surface area (Å²) in [4.78, 5) is 13.8. The number of carbonyl (C=O) groups excluding carboxylic acids is 1. The molecule has 5 nitrogen and oxygen atoms in total. The number of ether oxygens (including phenoxy) is 2. The van der Waals surface area contributed by atoms with Gasteiger partial charge in [-0.05, 0) is 12.1 Å². The summed E-state index contributed by atoms with van der Waals surface area (Å²) in [7, 11) is 4.98. The van der Waals surface area contributed by atoms with Crippen LogP contribution in [-0.4, -0.2) is 45.9 Å². The van der Waals surface area contributed by atoms with Crippen molar-refractivity contribution in [1.29, 1.82) is 0 Å². The molecule has 0 fully saturated rings. The van der Waals surface area contributed by atoms with Crippen LogP contribution in [0.15, 0.2) is 24.3 Å². The first-order valence-corrected chi connectivity index (χ1v) is 6.67. The molecule has 0 aliphatic carbocycles. The number of methoxy groups -OCH3 is 2. The van der Waals surface area contributed by atoms with Crippen LogP contribution < -0.4 is 15.0 Å². The quantitative estimate of drug-likeness (QED) is 0.770. The third-order valence-electron chi connectivity index (χ3n) is 2.97. The molecule has 0 amide bonds. The second kappa shape index (κ2) is 7.75. The second-order valence-electron chi connectivity index (χ2n) is 4.98. The number of carbonyl (C=O) groups is 1. The van der Waals surface area contributed by atoms with Crippen molar-refractivity contribution in [3.8, 4) is 5.75 Å². The summed E-state index contributed by atoms with van der Waals surface area (Å²) in [5, 5.41) is 3.21. The van der Waals surface area contributed by atoms with E-state index in [0.29, 0.717) is 6.54 Å². The molecule has 0 bridgehead atoms. The summed E-state index contributed by atoms with van der Waals surface area (Å²) in [6.45, 7) is 4.53. The number of nitrogens with one attached hydrogen (secondary N) is 1. The highest BCUT2D eigenvalue weighted by Crippen LogP contribution is 2.20. The van der Waals surface area contributed by atoms with E-state index in [2.05, 4.69) is 5.32 Å². The summed E-state index contributed by atoms with van der Waals surface area (Å²) in [6, 6.07) is 7.57. The van der Waals surface area contributed by atoms with Gasteiger partial charge in [-0.15, -0.1) is 0 Å². The molecule has 1 rings (SSSR count). The number of benzene rings is 1. The Morgan fingerprint density at radius 3 is 2.60 bits per heavy atom. The van der Waals surface area contributed by atoms with Crippen molar-refractivity contribution < 1.29 is 14.3 Å². The lowest BCUT2D eigenvalue weighted by molar-refractivity contribution is -0.143. The van der Waals surface area contributed by atoms with Gasteiger partial charge in [0.15, 0.2) is 0 Å². The van der Waals surface area contributed by atoms with Crippen molar-refractivity contribution >= 4 is 11.7 Å². The summed E-state index contributed by atoms with van der Waals surface area (Å²) in [6.07, 6.45) is 0. The Morgan fingerprint density at radius 1 is 1.35 bits per heavy atom. The van der Waals surface area contributed by atoms with Gasteiger partial charge in [0.2, 0.25) is 0 Å². The minimum atomic E-state index is -0.365.